The van der Waals surface area contributed by atoms with Gasteiger partial charge in [0.1, 0.15) is 11.4 Å². The zero-order valence-electron chi connectivity index (χ0n) is 15.7. The van der Waals surface area contributed by atoms with Gasteiger partial charge in [-0.15, -0.1) is 0 Å². The van der Waals surface area contributed by atoms with Gasteiger partial charge >= 0.3 is 5.97 Å². The average molecular weight is 334 g/mol. The van der Waals surface area contributed by atoms with E-state index in [1.165, 1.54) is 0 Å². The van der Waals surface area contributed by atoms with Gasteiger partial charge in [-0.1, -0.05) is 44.2 Å². The average Bonchev–Trinajstić information content (AvgIpc) is 2.48. The largest absolute Gasteiger partial charge is 0.460 e. The van der Waals surface area contributed by atoms with Gasteiger partial charge in [0.25, 0.3) is 0 Å². The SMILES string of the molecule is CC(C)C(=O)[C@@H](CC(=O)OC(C)(C)C)[C@@H](C)OCc1ccccc1. The molecule has 0 amide bonds. The highest BCUT2D eigenvalue weighted by Gasteiger charge is 2.31. The number of esters is 1. The van der Waals surface area contributed by atoms with Crippen molar-refractivity contribution in [1.29, 1.82) is 0 Å². The molecule has 0 fully saturated rings. The number of ether oxygens (including phenoxy) is 2. The van der Waals surface area contributed by atoms with E-state index in [1.807, 2.05) is 71.9 Å². The van der Waals surface area contributed by atoms with E-state index in [-0.39, 0.29) is 30.2 Å². The Hall–Kier alpha value is -1.68. The molecule has 4 nitrogen and oxygen atoms in total. The zero-order chi connectivity index (χ0) is 18.3. The quantitative estimate of drug-likeness (QED) is 0.670. The van der Waals surface area contributed by atoms with Crippen LogP contribution in [0.2, 0.25) is 0 Å². The molecule has 0 saturated carbocycles. The highest BCUT2D eigenvalue weighted by Crippen LogP contribution is 2.21. The summed E-state index contributed by atoms with van der Waals surface area (Å²) < 4.78 is 11.2. The summed E-state index contributed by atoms with van der Waals surface area (Å²) >= 11 is 0. The van der Waals surface area contributed by atoms with Crippen LogP contribution >= 0.6 is 0 Å². The van der Waals surface area contributed by atoms with Crippen molar-refractivity contribution in [3.05, 3.63) is 35.9 Å². The van der Waals surface area contributed by atoms with E-state index in [0.29, 0.717) is 6.61 Å². The Morgan fingerprint density at radius 1 is 1.04 bits per heavy atom. The van der Waals surface area contributed by atoms with Gasteiger partial charge in [0, 0.05) is 5.92 Å². The minimum absolute atomic E-state index is 0.0291. The Balaban J connectivity index is 2.73. The normalized spacial score (nSPS) is 14.3. The molecule has 0 aliphatic heterocycles. The van der Waals surface area contributed by atoms with Gasteiger partial charge in [-0.3, -0.25) is 9.59 Å². The lowest BCUT2D eigenvalue weighted by Crippen LogP contribution is -2.35. The Morgan fingerprint density at radius 2 is 1.62 bits per heavy atom. The molecule has 0 radical (unpaired) electrons. The maximum Gasteiger partial charge on any atom is 0.307 e. The van der Waals surface area contributed by atoms with E-state index in [1.54, 1.807) is 0 Å². The van der Waals surface area contributed by atoms with Crippen molar-refractivity contribution in [2.75, 3.05) is 0 Å². The third-order valence-electron chi connectivity index (χ3n) is 3.66. The van der Waals surface area contributed by atoms with Crippen LogP contribution in [0.5, 0.6) is 0 Å². The van der Waals surface area contributed by atoms with Crippen LogP contribution in [0.1, 0.15) is 53.5 Å². The second kappa shape index (κ2) is 8.97. The van der Waals surface area contributed by atoms with Crippen LogP contribution < -0.4 is 0 Å². The summed E-state index contributed by atoms with van der Waals surface area (Å²) in [6.07, 6.45) is -0.308. The van der Waals surface area contributed by atoms with Crippen molar-refractivity contribution >= 4 is 11.8 Å². The minimum Gasteiger partial charge on any atom is -0.460 e. The standard InChI is InChI=1S/C20H30O4/c1-14(2)19(22)17(12-18(21)24-20(4,5)6)15(3)23-13-16-10-8-7-9-11-16/h7-11,14-15,17H,12-13H2,1-6H3/t15-,17+/m1/s1. The number of carbonyl (C=O) groups excluding carboxylic acids is 2. The van der Waals surface area contributed by atoms with Gasteiger partial charge in [-0.2, -0.15) is 0 Å². The summed E-state index contributed by atoms with van der Waals surface area (Å²) in [5.74, 6) is -0.984. The van der Waals surface area contributed by atoms with Crippen LogP contribution in [-0.2, 0) is 25.7 Å². The Labute approximate surface area is 145 Å². The first-order valence-electron chi connectivity index (χ1n) is 8.51. The second-order valence-corrected chi connectivity index (χ2v) is 7.46. The molecule has 0 heterocycles. The second-order valence-electron chi connectivity index (χ2n) is 7.46. The number of Topliss-reactive ketones (excluding diaryl/α,β-unsaturated/α-hetero) is 1. The molecule has 2 atom stereocenters. The van der Waals surface area contributed by atoms with Crippen LogP contribution in [0, 0.1) is 11.8 Å². The van der Waals surface area contributed by atoms with E-state index < -0.39 is 11.5 Å². The molecular formula is C20H30O4. The molecule has 0 aliphatic rings. The molecule has 1 aromatic carbocycles. The first-order chi connectivity index (χ1) is 11.1. The van der Waals surface area contributed by atoms with Crippen molar-refractivity contribution < 1.29 is 19.1 Å². The summed E-state index contributed by atoms with van der Waals surface area (Å²) in [5.41, 5.74) is 0.480. The number of hydrogen-bond acceptors (Lipinski definition) is 4. The summed E-state index contributed by atoms with van der Waals surface area (Å²) in [6, 6.07) is 9.78. The van der Waals surface area contributed by atoms with E-state index in [9.17, 15) is 9.59 Å². The predicted molar refractivity (Wildman–Crippen MR) is 94.5 cm³/mol. The fraction of sp³-hybridized carbons (Fsp3) is 0.600. The Kier molecular flexibility index (Phi) is 7.61. The van der Waals surface area contributed by atoms with Crippen molar-refractivity contribution in [2.24, 2.45) is 11.8 Å². The smallest absolute Gasteiger partial charge is 0.307 e. The minimum atomic E-state index is -0.559. The van der Waals surface area contributed by atoms with E-state index in [4.69, 9.17) is 9.47 Å². The van der Waals surface area contributed by atoms with Crippen molar-refractivity contribution in [2.45, 2.75) is 66.3 Å². The first-order valence-corrected chi connectivity index (χ1v) is 8.51. The maximum absolute atomic E-state index is 12.5. The van der Waals surface area contributed by atoms with E-state index in [0.717, 1.165) is 5.56 Å². The summed E-state index contributed by atoms with van der Waals surface area (Å²) in [7, 11) is 0. The molecule has 0 saturated heterocycles. The molecule has 0 unspecified atom stereocenters. The molecule has 0 N–H and O–H groups in total. The van der Waals surface area contributed by atoms with Crippen LogP contribution in [0.3, 0.4) is 0 Å². The molecule has 1 aromatic rings. The lowest BCUT2D eigenvalue weighted by Gasteiger charge is -2.26. The molecular weight excluding hydrogens is 304 g/mol. The lowest BCUT2D eigenvalue weighted by atomic mass is 9.88. The van der Waals surface area contributed by atoms with Crippen molar-refractivity contribution in [3.63, 3.8) is 0 Å². The highest BCUT2D eigenvalue weighted by molar-refractivity contribution is 5.87. The number of hydrogen-bond donors (Lipinski definition) is 0. The first kappa shape index (κ1) is 20.4. The van der Waals surface area contributed by atoms with Gasteiger partial charge in [0.2, 0.25) is 0 Å². The zero-order valence-corrected chi connectivity index (χ0v) is 15.7. The molecule has 0 bridgehead atoms. The van der Waals surface area contributed by atoms with Crippen molar-refractivity contribution in [3.8, 4) is 0 Å². The predicted octanol–water partition coefficient (Wildman–Crippen LogP) is 4.16. The maximum atomic E-state index is 12.5. The van der Waals surface area contributed by atoms with Crippen molar-refractivity contribution in [1.82, 2.24) is 0 Å². The van der Waals surface area contributed by atoms with E-state index >= 15 is 0 Å². The van der Waals surface area contributed by atoms with Crippen LogP contribution in [0.15, 0.2) is 30.3 Å². The van der Waals surface area contributed by atoms with Gasteiger partial charge < -0.3 is 9.47 Å². The molecule has 4 heteroatoms. The van der Waals surface area contributed by atoms with E-state index in [2.05, 4.69) is 0 Å². The van der Waals surface area contributed by atoms with Crippen LogP contribution in [0.25, 0.3) is 0 Å². The monoisotopic (exact) mass is 334 g/mol. The topological polar surface area (TPSA) is 52.6 Å². The Bertz CT molecular complexity index is 528. The van der Waals surface area contributed by atoms with Crippen LogP contribution in [-0.4, -0.2) is 23.5 Å². The number of ketones is 1. The third kappa shape index (κ3) is 7.26. The van der Waals surface area contributed by atoms with Gasteiger partial charge in [0.05, 0.1) is 25.0 Å². The fourth-order valence-electron chi connectivity index (χ4n) is 2.41. The lowest BCUT2D eigenvalue weighted by molar-refractivity contribution is -0.159. The molecule has 0 aromatic heterocycles. The molecule has 24 heavy (non-hydrogen) atoms. The number of rotatable bonds is 8. The van der Waals surface area contributed by atoms with Gasteiger partial charge in [-0.25, -0.2) is 0 Å². The summed E-state index contributed by atoms with van der Waals surface area (Å²) in [4.78, 5) is 24.7. The highest BCUT2D eigenvalue weighted by atomic mass is 16.6. The summed E-state index contributed by atoms with van der Waals surface area (Å²) in [6.45, 7) is 11.4. The van der Waals surface area contributed by atoms with Gasteiger partial charge in [-0.05, 0) is 33.3 Å². The summed E-state index contributed by atoms with van der Waals surface area (Å²) in [5, 5.41) is 0. The number of carbonyl (C=O) groups is 2. The fourth-order valence-corrected chi connectivity index (χ4v) is 2.41. The third-order valence-corrected chi connectivity index (χ3v) is 3.66. The molecule has 0 spiro atoms. The molecule has 0 aliphatic carbocycles. The molecule has 134 valence electrons. The number of benzene rings is 1. The van der Waals surface area contributed by atoms with Gasteiger partial charge in [0.15, 0.2) is 0 Å². The molecule has 1 rings (SSSR count). The Morgan fingerprint density at radius 3 is 2.12 bits per heavy atom. The van der Waals surface area contributed by atoms with Crippen LogP contribution in [0.4, 0.5) is 0 Å².